The predicted octanol–water partition coefficient (Wildman–Crippen LogP) is 3.62. The van der Waals surface area contributed by atoms with Gasteiger partial charge in [0.25, 0.3) is 11.5 Å². The van der Waals surface area contributed by atoms with Crippen LogP contribution in [0.4, 0.5) is 5.82 Å². The molecule has 1 amide bonds. The summed E-state index contributed by atoms with van der Waals surface area (Å²) in [6.07, 6.45) is 6.23. The van der Waals surface area contributed by atoms with Gasteiger partial charge in [-0.15, -0.1) is 0 Å². The van der Waals surface area contributed by atoms with E-state index >= 15 is 0 Å². The lowest BCUT2D eigenvalue weighted by atomic mass is 10.1. The molecule has 0 unspecified atom stereocenters. The van der Waals surface area contributed by atoms with E-state index in [1.165, 1.54) is 17.5 Å². The minimum atomic E-state index is -0.326. The molecule has 1 N–H and O–H groups in total. The third kappa shape index (κ3) is 3.44. The van der Waals surface area contributed by atoms with E-state index in [1.807, 2.05) is 30.7 Å². The SMILES string of the molecule is CC(C)Cn1nc(C(=O)Nc2ccnn2C2CCCC2)c2ccccc2c1=O. The highest BCUT2D eigenvalue weighted by Gasteiger charge is 2.22. The minimum absolute atomic E-state index is 0.170. The lowest BCUT2D eigenvalue weighted by Gasteiger charge is -2.16. The average Bonchev–Trinajstić information content (AvgIpc) is 3.35. The molecule has 0 spiro atoms. The molecule has 0 atom stereocenters. The molecule has 0 radical (unpaired) electrons. The number of carbonyl (C=O) groups excluding carboxylic acids is 1. The van der Waals surface area contributed by atoms with Crippen molar-refractivity contribution in [2.24, 2.45) is 5.92 Å². The number of nitrogens with one attached hydrogen (secondary N) is 1. The Morgan fingerprint density at radius 3 is 2.61 bits per heavy atom. The Kier molecular flexibility index (Phi) is 4.98. The fourth-order valence-electron chi connectivity index (χ4n) is 3.90. The smallest absolute Gasteiger partial charge is 0.277 e. The molecule has 1 saturated carbocycles. The van der Waals surface area contributed by atoms with Crippen LogP contribution in [0.3, 0.4) is 0 Å². The number of nitrogens with zero attached hydrogens (tertiary/aromatic N) is 4. The summed E-state index contributed by atoms with van der Waals surface area (Å²) >= 11 is 0. The zero-order chi connectivity index (χ0) is 19.7. The lowest BCUT2D eigenvalue weighted by molar-refractivity contribution is 0.102. The molecule has 1 aliphatic rings. The van der Waals surface area contributed by atoms with Gasteiger partial charge in [-0.05, 0) is 24.8 Å². The third-order valence-corrected chi connectivity index (χ3v) is 5.20. The van der Waals surface area contributed by atoms with E-state index in [0.29, 0.717) is 29.2 Å². The molecule has 2 aromatic heterocycles. The Bertz CT molecular complexity index is 1060. The monoisotopic (exact) mass is 379 g/mol. The molecule has 7 heteroatoms. The van der Waals surface area contributed by atoms with Crippen LogP contribution in [0.2, 0.25) is 0 Å². The van der Waals surface area contributed by atoms with Crippen molar-refractivity contribution in [1.29, 1.82) is 0 Å². The molecule has 0 saturated heterocycles. The Balaban J connectivity index is 1.72. The van der Waals surface area contributed by atoms with Crippen molar-refractivity contribution in [2.45, 2.75) is 52.1 Å². The van der Waals surface area contributed by atoms with Gasteiger partial charge in [0.1, 0.15) is 5.82 Å². The van der Waals surface area contributed by atoms with Crippen molar-refractivity contribution in [2.75, 3.05) is 5.32 Å². The van der Waals surface area contributed by atoms with Crippen LogP contribution in [0.25, 0.3) is 10.8 Å². The molecule has 0 bridgehead atoms. The van der Waals surface area contributed by atoms with Gasteiger partial charge in [0.2, 0.25) is 0 Å². The van der Waals surface area contributed by atoms with E-state index < -0.39 is 0 Å². The van der Waals surface area contributed by atoms with Gasteiger partial charge in [0.15, 0.2) is 5.69 Å². The second-order valence-electron chi connectivity index (χ2n) is 7.83. The van der Waals surface area contributed by atoms with Gasteiger partial charge in [-0.3, -0.25) is 9.59 Å². The summed E-state index contributed by atoms with van der Waals surface area (Å²) in [6.45, 7) is 4.50. The summed E-state index contributed by atoms with van der Waals surface area (Å²) in [6, 6.07) is 9.27. The molecule has 7 nitrogen and oxygen atoms in total. The summed E-state index contributed by atoms with van der Waals surface area (Å²) < 4.78 is 3.30. The molecule has 2 heterocycles. The molecule has 1 fully saturated rings. The first kappa shape index (κ1) is 18.4. The van der Waals surface area contributed by atoms with Crippen molar-refractivity contribution in [3.63, 3.8) is 0 Å². The van der Waals surface area contributed by atoms with Gasteiger partial charge in [-0.1, -0.05) is 44.9 Å². The molecular weight excluding hydrogens is 354 g/mol. The first-order valence-electron chi connectivity index (χ1n) is 9.89. The summed E-state index contributed by atoms with van der Waals surface area (Å²) in [4.78, 5) is 25.9. The van der Waals surface area contributed by atoms with Crippen molar-refractivity contribution >= 4 is 22.5 Å². The van der Waals surface area contributed by atoms with Crippen LogP contribution < -0.4 is 10.9 Å². The zero-order valence-corrected chi connectivity index (χ0v) is 16.3. The number of carbonyl (C=O) groups is 1. The Morgan fingerprint density at radius 2 is 1.89 bits per heavy atom. The largest absolute Gasteiger partial charge is 0.305 e. The number of amides is 1. The minimum Gasteiger partial charge on any atom is -0.305 e. The molecule has 1 aromatic carbocycles. The maximum Gasteiger partial charge on any atom is 0.277 e. The summed E-state index contributed by atoms with van der Waals surface area (Å²) in [5.74, 6) is 0.587. The number of aromatic nitrogens is 4. The van der Waals surface area contributed by atoms with E-state index in [0.717, 1.165) is 12.8 Å². The van der Waals surface area contributed by atoms with Crippen molar-refractivity contribution in [1.82, 2.24) is 19.6 Å². The van der Waals surface area contributed by atoms with Crippen LogP contribution in [0.15, 0.2) is 41.3 Å². The molecule has 1 aliphatic carbocycles. The van der Waals surface area contributed by atoms with Crippen LogP contribution in [0, 0.1) is 5.92 Å². The first-order chi connectivity index (χ1) is 13.5. The predicted molar refractivity (Wildman–Crippen MR) is 109 cm³/mol. The van der Waals surface area contributed by atoms with Crippen LogP contribution in [-0.2, 0) is 6.54 Å². The normalized spacial score (nSPS) is 14.8. The maximum absolute atomic E-state index is 13.1. The fraction of sp³-hybridized carbons (Fsp3) is 0.429. The highest BCUT2D eigenvalue weighted by atomic mass is 16.2. The Labute approximate surface area is 163 Å². The second-order valence-corrected chi connectivity index (χ2v) is 7.83. The number of benzene rings is 1. The van der Waals surface area contributed by atoms with Crippen molar-refractivity contribution in [3.8, 4) is 0 Å². The van der Waals surface area contributed by atoms with E-state index in [1.54, 1.807) is 24.4 Å². The molecular formula is C21H25N5O2. The first-order valence-corrected chi connectivity index (χ1v) is 9.89. The Hall–Kier alpha value is -2.96. The number of hydrogen-bond donors (Lipinski definition) is 1. The van der Waals surface area contributed by atoms with E-state index in [2.05, 4.69) is 15.5 Å². The lowest BCUT2D eigenvalue weighted by Crippen LogP contribution is -2.29. The van der Waals surface area contributed by atoms with E-state index in [4.69, 9.17) is 0 Å². The van der Waals surface area contributed by atoms with Gasteiger partial charge in [-0.25, -0.2) is 9.36 Å². The number of fused-ring (bicyclic) bond motifs is 1. The molecule has 4 rings (SSSR count). The number of hydrogen-bond acceptors (Lipinski definition) is 4. The second kappa shape index (κ2) is 7.58. The zero-order valence-electron chi connectivity index (χ0n) is 16.3. The third-order valence-electron chi connectivity index (χ3n) is 5.20. The molecule has 0 aliphatic heterocycles. The highest BCUT2D eigenvalue weighted by Crippen LogP contribution is 2.31. The van der Waals surface area contributed by atoms with Gasteiger partial charge in [0.05, 0.1) is 17.6 Å². The number of rotatable bonds is 5. The Morgan fingerprint density at radius 1 is 1.18 bits per heavy atom. The van der Waals surface area contributed by atoms with Crippen LogP contribution in [0.5, 0.6) is 0 Å². The maximum atomic E-state index is 13.1. The number of anilines is 1. The fourth-order valence-corrected chi connectivity index (χ4v) is 3.90. The van der Waals surface area contributed by atoms with Gasteiger partial charge >= 0.3 is 0 Å². The van der Waals surface area contributed by atoms with Gasteiger partial charge < -0.3 is 5.32 Å². The summed E-state index contributed by atoms with van der Waals surface area (Å²) in [5, 5.41) is 12.8. The topological polar surface area (TPSA) is 81.8 Å². The van der Waals surface area contributed by atoms with E-state index in [-0.39, 0.29) is 23.1 Å². The average molecular weight is 379 g/mol. The van der Waals surface area contributed by atoms with Crippen molar-refractivity contribution < 1.29 is 4.79 Å². The van der Waals surface area contributed by atoms with Crippen molar-refractivity contribution in [3.05, 3.63) is 52.6 Å². The highest BCUT2D eigenvalue weighted by molar-refractivity contribution is 6.10. The van der Waals surface area contributed by atoms with Gasteiger partial charge in [0, 0.05) is 18.0 Å². The standard InChI is InChI=1S/C21H25N5O2/c1-14(2)13-25-21(28)17-10-6-5-9-16(17)19(24-25)20(27)23-18-11-12-22-26(18)15-7-3-4-8-15/h5-6,9-12,14-15H,3-4,7-8,13H2,1-2H3,(H,23,27). The molecule has 3 aromatic rings. The van der Waals surface area contributed by atoms with Crippen LogP contribution in [-0.4, -0.2) is 25.5 Å². The quantitative estimate of drug-likeness (QED) is 0.734. The molecule has 146 valence electrons. The van der Waals surface area contributed by atoms with Gasteiger partial charge in [-0.2, -0.15) is 10.2 Å². The summed E-state index contributed by atoms with van der Waals surface area (Å²) in [5.41, 5.74) is 0.0897. The van der Waals surface area contributed by atoms with Crippen LogP contribution >= 0.6 is 0 Å². The van der Waals surface area contributed by atoms with Crippen LogP contribution in [0.1, 0.15) is 56.1 Å². The summed E-state index contributed by atoms with van der Waals surface area (Å²) in [7, 11) is 0. The molecule has 28 heavy (non-hydrogen) atoms. The van der Waals surface area contributed by atoms with E-state index in [9.17, 15) is 9.59 Å².